The van der Waals surface area contributed by atoms with Crippen molar-refractivity contribution in [1.82, 2.24) is 14.2 Å². The standard InChI is InChI=1S/C16H27N3O3S/c1-4-6-13-7-5-9-19(10-8-13)16(20)15-11-14(12-18(15)3)23(21,22)17-2/h11-13,17H,4-10H2,1-3H3/t13-/m1/s1. The first-order valence-electron chi connectivity index (χ1n) is 8.28. The highest BCUT2D eigenvalue weighted by Gasteiger charge is 2.25. The summed E-state index contributed by atoms with van der Waals surface area (Å²) in [5.41, 5.74) is 0.424. The van der Waals surface area contributed by atoms with Gasteiger partial charge < -0.3 is 9.47 Å². The molecule has 2 heterocycles. The molecule has 23 heavy (non-hydrogen) atoms. The van der Waals surface area contributed by atoms with E-state index in [0.29, 0.717) is 11.6 Å². The van der Waals surface area contributed by atoms with E-state index in [-0.39, 0.29) is 10.8 Å². The molecule has 1 aliphatic heterocycles. The van der Waals surface area contributed by atoms with Crippen LogP contribution in [-0.2, 0) is 17.1 Å². The first kappa shape index (κ1) is 18.0. The molecule has 1 aliphatic rings. The molecule has 1 amide bonds. The molecule has 0 bridgehead atoms. The van der Waals surface area contributed by atoms with Gasteiger partial charge in [-0.25, -0.2) is 13.1 Å². The maximum atomic E-state index is 12.8. The smallest absolute Gasteiger partial charge is 0.270 e. The molecule has 2 rings (SSSR count). The number of carbonyl (C=O) groups is 1. The molecule has 1 atom stereocenters. The number of sulfonamides is 1. The van der Waals surface area contributed by atoms with Crippen LogP contribution < -0.4 is 4.72 Å². The molecule has 0 aliphatic carbocycles. The van der Waals surface area contributed by atoms with Crippen LogP contribution in [0.1, 0.15) is 49.5 Å². The lowest BCUT2D eigenvalue weighted by Gasteiger charge is -2.20. The number of nitrogens with one attached hydrogen (secondary N) is 1. The van der Waals surface area contributed by atoms with E-state index >= 15 is 0 Å². The Morgan fingerprint density at radius 1 is 1.35 bits per heavy atom. The molecule has 6 nitrogen and oxygen atoms in total. The van der Waals surface area contributed by atoms with Crippen molar-refractivity contribution in [2.45, 2.75) is 43.9 Å². The monoisotopic (exact) mass is 341 g/mol. The fourth-order valence-electron chi connectivity index (χ4n) is 3.24. The fourth-order valence-corrected chi connectivity index (χ4v) is 4.04. The SMILES string of the molecule is CCC[C@@H]1CCCN(C(=O)c2cc(S(=O)(=O)NC)cn2C)CC1. The van der Waals surface area contributed by atoms with Crippen molar-refractivity contribution in [1.29, 1.82) is 0 Å². The van der Waals surface area contributed by atoms with Gasteiger partial charge in [-0.3, -0.25) is 4.79 Å². The number of aromatic nitrogens is 1. The third-order valence-electron chi connectivity index (χ3n) is 4.61. The van der Waals surface area contributed by atoms with Gasteiger partial charge in [0.05, 0.1) is 0 Å². The lowest BCUT2D eigenvalue weighted by molar-refractivity contribution is 0.0750. The highest BCUT2D eigenvalue weighted by molar-refractivity contribution is 7.89. The van der Waals surface area contributed by atoms with Gasteiger partial charge in [-0.15, -0.1) is 0 Å². The zero-order valence-electron chi connectivity index (χ0n) is 14.2. The Kier molecular flexibility index (Phi) is 5.86. The zero-order valence-corrected chi connectivity index (χ0v) is 15.0. The molecular weight excluding hydrogens is 314 g/mol. The van der Waals surface area contributed by atoms with Crippen molar-refractivity contribution in [3.8, 4) is 0 Å². The van der Waals surface area contributed by atoms with E-state index in [9.17, 15) is 13.2 Å². The lowest BCUT2D eigenvalue weighted by atomic mass is 9.96. The van der Waals surface area contributed by atoms with Crippen LogP contribution in [0.5, 0.6) is 0 Å². The van der Waals surface area contributed by atoms with E-state index in [1.54, 1.807) is 11.6 Å². The normalized spacial score (nSPS) is 19.6. The Bertz CT molecular complexity index is 652. The van der Waals surface area contributed by atoms with Crippen LogP contribution >= 0.6 is 0 Å². The van der Waals surface area contributed by atoms with Crippen LogP contribution in [0.3, 0.4) is 0 Å². The summed E-state index contributed by atoms with van der Waals surface area (Å²) in [6.07, 6.45) is 7.10. The van der Waals surface area contributed by atoms with Gasteiger partial charge in [0.25, 0.3) is 5.91 Å². The van der Waals surface area contributed by atoms with E-state index in [2.05, 4.69) is 11.6 Å². The predicted octanol–water partition coefficient (Wildman–Crippen LogP) is 1.98. The Labute approximate surface area is 138 Å². The van der Waals surface area contributed by atoms with Crippen LogP contribution in [0.25, 0.3) is 0 Å². The van der Waals surface area contributed by atoms with E-state index in [0.717, 1.165) is 25.9 Å². The molecule has 0 aromatic carbocycles. The van der Waals surface area contributed by atoms with Gasteiger partial charge >= 0.3 is 0 Å². The largest absolute Gasteiger partial charge is 0.345 e. The van der Waals surface area contributed by atoms with E-state index in [4.69, 9.17) is 0 Å². The second-order valence-electron chi connectivity index (χ2n) is 6.26. The predicted molar refractivity (Wildman–Crippen MR) is 89.8 cm³/mol. The second-order valence-corrected chi connectivity index (χ2v) is 8.14. The first-order chi connectivity index (χ1) is 10.9. The summed E-state index contributed by atoms with van der Waals surface area (Å²) in [5, 5.41) is 0. The number of carbonyl (C=O) groups excluding carboxylic acids is 1. The summed E-state index contributed by atoms with van der Waals surface area (Å²) in [7, 11) is -0.453. The Balaban J connectivity index is 2.14. The van der Waals surface area contributed by atoms with Crippen molar-refractivity contribution in [3.63, 3.8) is 0 Å². The van der Waals surface area contributed by atoms with Gasteiger partial charge in [-0.2, -0.15) is 0 Å². The van der Waals surface area contributed by atoms with Gasteiger partial charge in [0, 0.05) is 26.3 Å². The van der Waals surface area contributed by atoms with E-state index < -0.39 is 10.0 Å². The highest BCUT2D eigenvalue weighted by Crippen LogP contribution is 2.23. The van der Waals surface area contributed by atoms with Crippen LogP contribution in [0.15, 0.2) is 17.2 Å². The minimum absolute atomic E-state index is 0.0813. The third-order valence-corrected chi connectivity index (χ3v) is 5.99. The summed E-state index contributed by atoms with van der Waals surface area (Å²) < 4.78 is 27.7. The number of hydrogen-bond donors (Lipinski definition) is 1. The maximum absolute atomic E-state index is 12.8. The van der Waals surface area contributed by atoms with Crippen molar-refractivity contribution >= 4 is 15.9 Å². The molecular formula is C16H27N3O3S. The number of amides is 1. The van der Waals surface area contributed by atoms with Crippen LogP contribution in [0, 0.1) is 5.92 Å². The average molecular weight is 341 g/mol. The van der Waals surface area contributed by atoms with Crippen LogP contribution in [0.2, 0.25) is 0 Å². The van der Waals surface area contributed by atoms with Crippen LogP contribution in [0.4, 0.5) is 0 Å². The minimum atomic E-state index is -3.53. The zero-order chi connectivity index (χ0) is 17.0. The quantitative estimate of drug-likeness (QED) is 0.890. The van der Waals surface area contributed by atoms with Crippen LogP contribution in [-0.4, -0.2) is 43.9 Å². The second kappa shape index (κ2) is 7.49. The summed E-state index contributed by atoms with van der Waals surface area (Å²) >= 11 is 0. The van der Waals surface area contributed by atoms with Gasteiger partial charge in [0.2, 0.25) is 10.0 Å². The molecule has 0 saturated carbocycles. The number of aryl methyl sites for hydroxylation is 1. The van der Waals surface area contributed by atoms with Gasteiger partial charge in [-0.05, 0) is 38.3 Å². The van der Waals surface area contributed by atoms with Crippen molar-refractivity contribution in [2.75, 3.05) is 20.1 Å². The molecule has 0 unspecified atom stereocenters. The number of rotatable bonds is 5. The Morgan fingerprint density at radius 3 is 2.74 bits per heavy atom. The van der Waals surface area contributed by atoms with Crippen molar-refractivity contribution in [2.24, 2.45) is 13.0 Å². The Morgan fingerprint density at radius 2 is 2.09 bits per heavy atom. The maximum Gasteiger partial charge on any atom is 0.270 e. The van der Waals surface area contributed by atoms with Gasteiger partial charge in [0.1, 0.15) is 10.6 Å². The lowest BCUT2D eigenvalue weighted by Crippen LogP contribution is -2.33. The van der Waals surface area contributed by atoms with E-state index in [1.165, 1.54) is 38.6 Å². The fraction of sp³-hybridized carbons (Fsp3) is 0.688. The summed E-state index contributed by atoms with van der Waals surface area (Å²) in [6.45, 7) is 3.70. The van der Waals surface area contributed by atoms with Crippen molar-refractivity contribution < 1.29 is 13.2 Å². The minimum Gasteiger partial charge on any atom is -0.345 e. The number of nitrogens with zero attached hydrogens (tertiary/aromatic N) is 2. The highest BCUT2D eigenvalue weighted by atomic mass is 32.2. The molecule has 1 aromatic rings. The van der Waals surface area contributed by atoms with Crippen molar-refractivity contribution in [3.05, 3.63) is 18.0 Å². The van der Waals surface area contributed by atoms with Gasteiger partial charge in [-0.1, -0.05) is 19.8 Å². The average Bonchev–Trinajstić information content (AvgIpc) is 2.77. The Hall–Kier alpha value is -1.34. The summed E-state index contributed by atoms with van der Waals surface area (Å²) in [5.74, 6) is 0.619. The molecule has 0 spiro atoms. The summed E-state index contributed by atoms with van der Waals surface area (Å²) in [6, 6.07) is 1.46. The third kappa shape index (κ3) is 4.14. The van der Waals surface area contributed by atoms with E-state index in [1.807, 2.05) is 4.90 Å². The summed E-state index contributed by atoms with van der Waals surface area (Å²) in [4.78, 5) is 14.7. The molecule has 1 fully saturated rings. The van der Waals surface area contributed by atoms with Gasteiger partial charge in [0.15, 0.2) is 0 Å². The number of hydrogen-bond acceptors (Lipinski definition) is 3. The molecule has 0 radical (unpaired) electrons. The molecule has 7 heteroatoms. The molecule has 1 aromatic heterocycles. The molecule has 130 valence electrons. The first-order valence-corrected chi connectivity index (χ1v) is 9.76. The molecule has 1 saturated heterocycles. The topological polar surface area (TPSA) is 71.4 Å². The molecule has 1 N–H and O–H groups in total. The number of likely N-dealkylation sites (tertiary alicyclic amines) is 1.